The number of fused-ring (bicyclic) bond motifs is 3. The lowest BCUT2D eigenvalue weighted by Crippen LogP contribution is -2.43. The first-order chi connectivity index (χ1) is 19.0. The number of methoxy groups -OCH3 is 1. The van der Waals surface area contributed by atoms with Crippen molar-refractivity contribution in [2.45, 2.75) is 31.7 Å². The number of rotatable bonds is 11. The van der Waals surface area contributed by atoms with Crippen molar-refractivity contribution in [3.63, 3.8) is 0 Å². The molecule has 200 valence electrons. The Hall–Kier alpha value is -4.63. The molecule has 1 heterocycles. The van der Waals surface area contributed by atoms with Crippen LogP contribution in [0.15, 0.2) is 85.3 Å². The van der Waals surface area contributed by atoms with E-state index in [-0.39, 0.29) is 25.7 Å². The number of alkyl carbamates (subject to hydrolysis) is 1. The number of imidazole rings is 1. The molecule has 9 nitrogen and oxygen atoms in total. The van der Waals surface area contributed by atoms with Crippen LogP contribution in [-0.4, -0.2) is 46.5 Å². The molecule has 1 aliphatic carbocycles. The summed E-state index contributed by atoms with van der Waals surface area (Å²) in [6.45, 7) is 0.752. The number of ether oxygens (including phenoxy) is 3. The molecule has 1 aromatic heterocycles. The molecule has 1 aliphatic rings. The lowest BCUT2D eigenvalue weighted by Gasteiger charge is -2.17. The SMILES string of the molecule is COc1ccc(COCn2cnc(C[C@H](NC(=O)OCC3c4ccccc4-c4ccccc43)C(=O)O)c2)cc1. The monoisotopic (exact) mass is 527 g/mol. The van der Waals surface area contributed by atoms with Crippen LogP contribution < -0.4 is 10.1 Å². The Labute approximate surface area is 226 Å². The van der Waals surface area contributed by atoms with Crippen LogP contribution in [0.5, 0.6) is 5.75 Å². The Balaban J connectivity index is 1.13. The molecular formula is C30H29N3O6. The number of carboxylic acids is 1. The highest BCUT2D eigenvalue weighted by Crippen LogP contribution is 2.44. The van der Waals surface area contributed by atoms with Gasteiger partial charge in [0.05, 0.1) is 25.7 Å². The van der Waals surface area contributed by atoms with Crippen LogP contribution in [0.25, 0.3) is 11.1 Å². The molecule has 0 saturated carbocycles. The Kier molecular flexibility index (Phi) is 7.88. The summed E-state index contributed by atoms with van der Waals surface area (Å²) in [6.07, 6.45) is 2.48. The van der Waals surface area contributed by atoms with E-state index in [9.17, 15) is 14.7 Å². The van der Waals surface area contributed by atoms with Crippen molar-refractivity contribution >= 4 is 12.1 Å². The molecule has 3 aromatic carbocycles. The summed E-state index contributed by atoms with van der Waals surface area (Å²) in [5.74, 6) is -0.508. The zero-order chi connectivity index (χ0) is 27.2. The Morgan fingerprint density at radius 2 is 1.67 bits per heavy atom. The molecule has 9 heteroatoms. The molecule has 0 radical (unpaired) electrons. The number of nitrogens with one attached hydrogen (secondary N) is 1. The fourth-order valence-corrected chi connectivity index (χ4v) is 4.76. The first-order valence-corrected chi connectivity index (χ1v) is 12.6. The number of hydrogen-bond acceptors (Lipinski definition) is 6. The first kappa shape index (κ1) is 26.0. The maximum absolute atomic E-state index is 12.6. The molecule has 2 N–H and O–H groups in total. The van der Waals surface area contributed by atoms with Gasteiger partial charge in [-0.2, -0.15) is 0 Å². The third-order valence-electron chi connectivity index (χ3n) is 6.70. The van der Waals surface area contributed by atoms with Gasteiger partial charge >= 0.3 is 12.1 Å². The number of hydrogen-bond donors (Lipinski definition) is 2. The van der Waals surface area contributed by atoms with Crippen molar-refractivity contribution in [3.8, 4) is 16.9 Å². The maximum atomic E-state index is 12.6. The molecule has 0 fully saturated rings. The van der Waals surface area contributed by atoms with Crippen LogP contribution >= 0.6 is 0 Å². The Morgan fingerprint density at radius 3 is 2.31 bits per heavy atom. The van der Waals surface area contributed by atoms with Crippen molar-refractivity contribution in [1.82, 2.24) is 14.9 Å². The lowest BCUT2D eigenvalue weighted by atomic mass is 9.98. The van der Waals surface area contributed by atoms with E-state index in [4.69, 9.17) is 14.2 Å². The van der Waals surface area contributed by atoms with Gasteiger partial charge in [0.25, 0.3) is 0 Å². The van der Waals surface area contributed by atoms with Gasteiger partial charge in [-0.05, 0) is 39.9 Å². The van der Waals surface area contributed by atoms with E-state index in [0.29, 0.717) is 12.3 Å². The van der Waals surface area contributed by atoms with Crippen LogP contribution in [0.2, 0.25) is 0 Å². The van der Waals surface area contributed by atoms with Crippen molar-refractivity contribution in [3.05, 3.63) is 108 Å². The van der Waals surface area contributed by atoms with Crippen molar-refractivity contribution < 1.29 is 28.9 Å². The number of carbonyl (C=O) groups is 2. The van der Waals surface area contributed by atoms with Gasteiger partial charge in [0, 0.05) is 18.5 Å². The van der Waals surface area contributed by atoms with Gasteiger partial charge < -0.3 is 29.2 Å². The standard InChI is InChI=1S/C30H29N3O6/c1-37-22-12-10-20(11-13-22)16-38-19-33-15-21(31-18-33)14-28(29(34)35)32-30(36)39-17-27-25-8-4-2-6-23(25)24-7-3-5-9-26(24)27/h2-13,15,18,27-28H,14,16-17,19H2,1H3,(H,32,36)(H,34,35)/t28-/m0/s1. The smallest absolute Gasteiger partial charge is 0.407 e. The molecule has 0 saturated heterocycles. The van der Waals surface area contributed by atoms with E-state index in [0.717, 1.165) is 33.6 Å². The van der Waals surface area contributed by atoms with Crippen LogP contribution in [0.4, 0.5) is 4.79 Å². The summed E-state index contributed by atoms with van der Waals surface area (Å²) in [5, 5.41) is 12.2. The number of nitrogens with zero attached hydrogens (tertiary/aromatic N) is 2. The number of aliphatic carboxylic acids is 1. The molecule has 4 aromatic rings. The molecule has 0 aliphatic heterocycles. The van der Waals surface area contributed by atoms with E-state index in [1.54, 1.807) is 24.2 Å². The second-order valence-electron chi connectivity index (χ2n) is 9.27. The van der Waals surface area contributed by atoms with E-state index in [1.165, 1.54) is 0 Å². The molecule has 1 amide bonds. The summed E-state index contributed by atoms with van der Waals surface area (Å²) in [5.41, 5.74) is 5.91. The summed E-state index contributed by atoms with van der Waals surface area (Å²) >= 11 is 0. The van der Waals surface area contributed by atoms with Gasteiger partial charge in [-0.15, -0.1) is 0 Å². The molecule has 0 bridgehead atoms. The summed E-state index contributed by atoms with van der Waals surface area (Å²) < 4.78 is 18.1. The summed E-state index contributed by atoms with van der Waals surface area (Å²) in [7, 11) is 1.62. The minimum Gasteiger partial charge on any atom is -0.497 e. The zero-order valence-corrected chi connectivity index (χ0v) is 21.4. The largest absolute Gasteiger partial charge is 0.497 e. The number of carboxylic acid groups (broad SMARTS) is 1. The van der Waals surface area contributed by atoms with Crippen LogP contribution in [0.3, 0.4) is 0 Å². The predicted molar refractivity (Wildman–Crippen MR) is 143 cm³/mol. The van der Waals surface area contributed by atoms with Gasteiger partial charge in [0.2, 0.25) is 0 Å². The van der Waals surface area contributed by atoms with E-state index >= 15 is 0 Å². The molecule has 5 rings (SSSR count). The van der Waals surface area contributed by atoms with Crippen LogP contribution in [-0.2, 0) is 34.0 Å². The molecular weight excluding hydrogens is 498 g/mol. The Bertz CT molecular complexity index is 1400. The maximum Gasteiger partial charge on any atom is 0.407 e. The van der Waals surface area contributed by atoms with Gasteiger partial charge in [0.15, 0.2) is 0 Å². The van der Waals surface area contributed by atoms with E-state index < -0.39 is 18.1 Å². The number of carbonyl (C=O) groups excluding carboxylic acids is 1. The molecule has 39 heavy (non-hydrogen) atoms. The van der Waals surface area contributed by atoms with Crippen molar-refractivity contribution in [2.75, 3.05) is 13.7 Å². The molecule has 0 unspecified atom stereocenters. The molecule has 1 atom stereocenters. The van der Waals surface area contributed by atoms with E-state index in [1.807, 2.05) is 60.7 Å². The third kappa shape index (κ3) is 6.10. The number of amides is 1. The van der Waals surface area contributed by atoms with Crippen molar-refractivity contribution in [1.29, 1.82) is 0 Å². The minimum atomic E-state index is -1.19. The zero-order valence-electron chi connectivity index (χ0n) is 21.4. The van der Waals surface area contributed by atoms with Gasteiger partial charge in [-0.1, -0.05) is 60.7 Å². The quantitative estimate of drug-likeness (QED) is 0.293. The molecule has 0 spiro atoms. The predicted octanol–water partition coefficient (Wildman–Crippen LogP) is 4.60. The average molecular weight is 528 g/mol. The summed E-state index contributed by atoms with van der Waals surface area (Å²) in [6, 6.07) is 22.4. The third-order valence-corrected chi connectivity index (χ3v) is 6.70. The number of aromatic nitrogens is 2. The van der Waals surface area contributed by atoms with Crippen LogP contribution in [0, 0.1) is 0 Å². The average Bonchev–Trinajstić information content (AvgIpc) is 3.54. The van der Waals surface area contributed by atoms with Gasteiger partial charge in [-0.3, -0.25) is 0 Å². The lowest BCUT2D eigenvalue weighted by molar-refractivity contribution is -0.139. The highest BCUT2D eigenvalue weighted by molar-refractivity contribution is 5.81. The fourth-order valence-electron chi connectivity index (χ4n) is 4.76. The first-order valence-electron chi connectivity index (χ1n) is 12.6. The highest BCUT2D eigenvalue weighted by Gasteiger charge is 2.30. The highest BCUT2D eigenvalue weighted by atomic mass is 16.5. The Morgan fingerprint density at radius 1 is 1.00 bits per heavy atom. The minimum absolute atomic E-state index is 0.00497. The van der Waals surface area contributed by atoms with Crippen LogP contribution in [0.1, 0.15) is 28.3 Å². The fraction of sp³-hybridized carbons (Fsp3) is 0.233. The van der Waals surface area contributed by atoms with E-state index in [2.05, 4.69) is 22.4 Å². The topological polar surface area (TPSA) is 112 Å². The second-order valence-corrected chi connectivity index (χ2v) is 9.27. The number of benzene rings is 3. The van der Waals surface area contributed by atoms with Gasteiger partial charge in [0.1, 0.15) is 25.1 Å². The van der Waals surface area contributed by atoms with Crippen molar-refractivity contribution in [2.24, 2.45) is 0 Å². The second kappa shape index (κ2) is 11.8. The van der Waals surface area contributed by atoms with Gasteiger partial charge in [-0.25, -0.2) is 14.6 Å². The summed E-state index contributed by atoms with van der Waals surface area (Å²) in [4.78, 5) is 28.7. The normalized spacial score (nSPS) is 12.8.